The fourth-order valence-electron chi connectivity index (χ4n) is 4.32. The molecule has 0 atom stereocenters. The topological polar surface area (TPSA) is 88.3 Å². The van der Waals surface area contributed by atoms with Gasteiger partial charge in [-0.1, -0.05) is 42.0 Å². The first kappa shape index (κ1) is 21.0. The minimum absolute atomic E-state index is 0.0770. The number of pyridine rings is 1. The van der Waals surface area contributed by atoms with E-state index in [4.69, 9.17) is 10.7 Å². The highest BCUT2D eigenvalue weighted by Gasteiger charge is 2.23. The van der Waals surface area contributed by atoms with Crippen molar-refractivity contribution in [1.82, 2.24) is 15.2 Å². The second-order valence-corrected chi connectivity index (χ2v) is 8.38. The van der Waals surface area contributed by atoms with Crippen LogP contribution in [0, 0.1) is 13.8 Å². The third-order valence-corrected chi connectivity index (χ3v) is 5.92. The summed E-state index contributed by atoms with van der Waals surface area (Å²) in [7, 11) is 0. The van der Waals surface area contributed by atoms with Gasteiger partial charge in [-0.3, -0.25) is 14.5 Å². The molecule has 0 aliphatic carbocycles. The standard InChI is InChI=1S/C25H28N4O2/c1-16-7-8-19(17(2)13-16)23-14-21(20-5-3-4-6-22(20)28-23)25(31)27-18-9-11-29(12-10-18)15-24(26)30/h3-8,13-14,18H,9-12,15H2,1-2H3,(H2,26,30)(H,27,31). The second-order valence-electron chi connectivity index (χ2n) is 8.38. The van der Waals surface area contributed by atoms with Gasteiger partial charge >= 0.3 is 0 Å². The van der Waals surface area contributed by atoms with Crippen LogP contribution in [0.15, 0.2) is 48.5 Å². The zero-order chi connectivity index (χ0) is 22.0. The Hall–Kier alpha value is -3.25. The molecule has 4 rings (SSSR count). The molecule has 0 radical (unpaired) electrons. The number of amides is 2. The average Bonchev–Trinajstić information content (AvgIpc) is 2.74. The molecule has 1 saturated heterocycles. The quantitative estimate of drug-likeness (QED) is 0.669. The van der Waals surface area contributed by atoms with E-state index in [1.807, 2.05) is 35.2 Å². The van der Waals surface area contributed by atoms with Gasteiger partial charge in [0, 0.05) is 30.1 Å². The summed E-state index contributed by atoms with van der Waals surface area (Å²) in [5.74, 6) is -0.400. The van der Waals surface area contributed by atoms with Crippen molar-refractivity contribution in [2.24, 2.45) is 5.73 Å². The van der Waals surface area contributed by atoms with Gasteiger partial charge in [-0.05, 0) is 44.4 Å². The fourth-order valence-corrected chi connectivity index (χ4v) is 4.32. The number of hydrogen-bond acceptors (Lipinski definition) is 4. The van der Waals surface area contributed by atoms with Crippen LogP contribution in [0.4, 0.5) is 0 Å². The number of nitrogens with two attached hydrogens (primary N) is 1. The van der Waals surface area contributed by atoms with E-state index in [1.54, 1.807) is 0 Å². The van der Waals surface area contributed by atoms with E-state index in [2.05, 4.69) is 37.4 Å². The zero-order valence-corrected chi connectivity index (χ0v) is 18.0. The van der Waals surface area contributed by atoms with Gasteiger partial charge in [-0.2, -0.15) is 0 Å². The predicted molar refractivity (Wildman–Crippen MR) is 123 cm³/mol. The third kappa shape index (κ3) is 4.75. The number of fused-ring (bicyclic) bond motifs is 1. The summed E-state index contributed by atoms with van der Waals surface area (Å²) < 4.78 is 0. The first-order valence-electron chi connectivity index (χ1n) is 10.7. The largest absolute Gasteiger partial charge is 0.369 e. The Kier molecular flexibility index (Phi) is 6.00. The molecule has 1 fully saturated rings. The number of aromatic nitrogens is 1. The van der Waals surface area contributed by atoms with Crippen molar-refractivity contribution in [3.63, 3.8) is 0 Å². The lowest BCUT2D eigenvalue weighted by Crippen LogP contribution is -2.46. The molecule has 1 aliphatic rings. The van der Waals surface area contributed by atoms with Crippen LogP contribution < -0.4 is 11.1 Å². The molecule has 0 bridgehead atoms. The molecular weight excluding hydrogens is 388 g/mol. The Labute approximate surface area is 182 Å². The second kappa shape index (κ2) is 8.86. The lowest BCUT2D eigenvalue weighted by Gasteiger charge is -2.31. The van der Waals surface area contributed by atoms with Gasteiger partial charge in [0.25, 0.3) is 5.91 Å². The van der Waals surface area contributed by atoms with Crippen molar-refractivity contribution in [2.45, 2.75) is 32.7 Å². The number of likely N-dealkylation sites (tertiary alicyclic amines) is 1. The first-order valence-corrected chi connectivity index (χ1v) is 10.7. The van der Waals surface area contributed by atoms with Crippen LogP contribution >= 0.6 is 0 Å². The van der Waals surface area contributed by atoms with Crippen molar-refractivity contribution in [3.05, 3.63) is 65.2 Å². The van der Waals surface area contributed by atoms with E-state index < -0.39 is 0 Å². The molecule has 1 aliphatic heterocycles. The highest BCUT2D eigenvalue weighted by atomic mass is 16.2. The maximum atomic E-state index is 13.3. The number of primary amides is 1. The lowest BCUT2D eigenvalue weighted by molar-refractivity contribution is -0.119. The van der Waals surface area contributed by atoms with E-state index in [-0.39, 0.29) is 24.4 Å². The monoisotopic (exact) mass is 416 g/mol. The highest BCUT2D eigenvalue weighted by molar-refractivity contribution is 6.07. The van der Waals surface area contributed by atoms with Gasteiger partial charge in [-0.15, -0.1) is 0 Å². The number of nitrogens with one attached hydrogen (secondary N) is 1. The number of carbonyl (C=O) groups is 2. The summed E-state index contributed by atoms with van der Waals surface area (Å²) >= 11 is 0. The number of benzene rings is 2. The van der Waals surface area contributed by atoms with Gasteiger partial charge in [0.05, 0.1) is 23.3 Å². The molecule has 2 aromatic carbocycles. The Morgan fingerprint density at radius 3 is 2.55 bits per heavy atom. The molecule has 0 spiro atoms. The molecule has 1 aromatic heterocycles. The van der Waals surface area contributed by atoms with Gasteiger partial charge in [0.15, 0.2) is 0 Å². The van der Waals surface area contributed by atoms with Crippen molar-refractivity contribution < 1.29 is 9.59 Å². The number of piperidine rings is 1. The van der Waals surface area contributed by atoms with E-state index in [1.165, 1.54) is 5.56 Å². The smallest absolute Gasteiger partial charge is 0.252 e. The van der Waals surface area contributed by atoms with Gasteiger partial charge in [0.1, 0.15) is 0 Å². The highest BCUT2D eigenvalue weighted by Crippen LogP contribution is 2.28. The van der Waals surface area contributed by atoms with Crippen LogP contribution in [0.2, 0.25) is 0 Å². The van der Waals surface area contributed by atoms with Crippen LogP contribution in [-0.2, 0) is 4.79 Å². The van der Waals surface area contributed by atoms with Gasteiger partial charge in [-0.25, -0.2) is 4.98 Å². The third-order valence-electron chi connectivity index (χ3n) is 5.92. The molecule has 160 valence electrons. The molecule has 2 amide bonds. The molecule has 0 saturated carbocycles. The molecule has 31 heavy (non-hydrogen) atoms. The summed E-state index contributed by atoms with van der Waals surface area (Å²) in [6, 6.07) is 16.0. The maximum absolute atomic E-state index is 13.3. The van der Waals surface area contributed by atoms with Gasteiger partial charge in [0.2, 0.25) is 5.91 Å². The Morgan fingerprint density at radius 2 is 1.84 bits per heavy atom. The van der Waals surface area contributed by atoms with Crippen molar-refractivity contribution in [3.8, 4) is 11.3 Å². The number of para-hydroxylation sites is 1. The first-order chi connectivity index (χ1) is 14.9. The molecule has 0 unspecified atom stereocenters. The molecular formula is C25H28N4O2. The summed E-state index contributed by atoms with van der Waals surface area (Å²) in [6.07, 6.45) is 1.60. The predicted octanol–water partition coefficient (Wildman–Crippen LogP) is 3.20. The zero-order valence-electron chi connectivity index (χ0n) is 18.0. The van der Waals surface area contributed by atoms with Crippen LogP contribution in [0.5, 0.6) is 0 Å². The van der Waals surface area contributed by atoms with E-state index in [0.29, 0.717) is 5.56 Å². The summed E-state index contributed by atoms with van der Waals surface area (Å²) in [6.45, 7) is 5.91. The number of aryl methyl sites for hydroxylation is 2. The van der Waals surface area contributed by atoms with Crippen molar-refractivity contribution in [1.29, 1.82) is 0 Å². The van der Waals surface area contributed by atoms with E-state index in [0.717, 1.165) is 53.7 Å². The van der Waals surface area contributed by atoms with E-state index >= 15 is 0 Å². The summed E-state index contributed by atoms with van der Waals surface area (Å²) in [5, 5.41) is 4.04. The van der Waals surface area contributed by atoms with Crippen LogP contribution in [0.25, 0.3) is 22.2 Å². The normalized spacial score (nSPS) is 15.2. The molecule has 3 N–H and O–H groups in total. The SMILES string of the molecule is Cc1ccc(-c2cc(C(=O)NC3CCN(CC(N)=O)CC3)c3ccccc3n2)c(C)c1. The van der Waals surface area contributed by atoms with Crippen molar-refractivity contribution >= 4 is 22.7 Å². The van der Waals surface area contributed by atoms with Crippen molar-refractivity contribution in [2.75, 3.05) is 19.6 Å². The van der Waals surface area contributed by atoms with E-state index in [9.17, 15) is 9.59 Å². The summed E-state index contributed by atoms with van der Waals surface area (Å²) in [4.78, 5) is 31.3. The number of carbonyl (C=O) groups excluding carboxylic acids is 2. The number of rotatable bonds is 5. The van der Waals surface area contributed by atoms with Crippen LogP contribution in [-0.4, -0.2) is 47.4 Å². The molecule has 3 aromatic rings. The Bertz CT molecular complexity index is 1130. The van der Waals surface area contributed by atoms with Crippen LogP contribution in [0.1, 0.15) is 34.3 Å². The average molecular weight is 417 g/mol. The lowest BCUT2D eigenvalue weighted by atomic mass is 9.98. The number of hydrogen-bond donors (Lipinski definition) is 2. The number of nitrogens with zero attached hydrogens (tertiary/aromatic N) is 2. The van der Waals surface area contributed by atoms with Crippen LogP contribution in [0.3, 0.4) is 0 Å². The fraction of sp³-hybridized carbons (Fsp3) is 0.320. The molecule has 2 heterocycles. The Morgan fingerprint density at radius 1 is 1.10 bits per heavy atom. The van der Waals surface area contributed by atoms with Gasteiger partial charge < -0.3 is 11.1 Å². The maximum Gasteiger partial charge on any atom is 0.252 e. The molecule has 6 nitrogen and oxygen atoms in total. The summed E-state index contributed by atoms with van der Waals surface area (Å²) in [5.41, 5.74) is 10.9. The molecule has 6 heteroatoms. The Balaban J connectivity index is 1.61. The minimum Gasteiger partial charge on any atom is -0.369 e. The minimum atomic E-state index is -0.315.